The molecule has 0 bridgehead atoms. The number of thiophene rings is 1. The number of aliphatic hydroxyl groups is 1. The molecule has 30 heavy (non-hydrogen) atoms. The lowest BCUT2D eigenvalue weighted by Gasteiger charge is -2.14. The Morgan fingerprint density at radius 1 is 1.37 bits per heavy atom. The number of primary amides is 1. The molecular formula is C20H27FN4O3S2. The predicted molar refractivity (Wildman–Crippen MR) is 116 cm³/mol. The number of amides is 2. The Hall–Kier alpha value is -1.88. The SMILES string of the molecule is CC(C)(O)c1cc(F)c(S(N)=O)s1.CC1CCc2c1nc1c(c2NC(N)=O)CCC1. The number of urea groups is 1. The van der Waals surface area contributed by atoms with Crippen LogP contribution in [0, 0.1) is 5.82 Å². The quantitative estimate of drug-likeness (QED) is 0.567. The van der Waals surface area contributed by atoms with Gasteiger partial charge in [-0.1, -0.05) is 6.92 Å². The summed E-state index contributed by atoms with van der Waals surface area (Å²) in [5.41, 5.74) is 9.91. The number of aryl methyl sites for hydroxylation is 1. The molecule has 2 atom stereocenters. The molecule has 0 spiro atoms. The fourth-order valence-corrected chi connectivity index (χ4v) is 5.48. The summed E-state index contributed by atoms with van der Waals surface area (Å²) >= 11 is 0.924. The van der Waals surface area contributed by atoms with Gasteiger partial charge in [0.25, 0.3) is 0 Å². The van der Waals surface area contributed by atoms with E-state index in [0.29, 0.717) is 10.8 Å². The van der Waals surface area contributed by atoms with Gasteiger partial charge in [-0.2, -0.15) is 0 Å². The largest absolute Gasteiger partial charge is 0.385 e. The minimum Gasteiger partial charge on any atom is -0.385 e. The van der Waals surface area contributed by atoms with E-state index in [9.17, 15) is 18.5 Å². The van der Waals surface area contributed by atoms with Gasteiger partial charge in [0.05, 0.1) is 11.3 Å². The predicted octanol–water partition coefficient (Wildman–Crippen LogP) is 3.21. The molecular weight excluding hydrogens is 427 g/mol. The number of hydrogen-bond acceptors (Lipinski definition) is 5. The Kier molecular flexibility index (Phi) is 6.61. The summed E-state index contributed by atoms with van der Waals surface area (Å²) in [6, 6.07) is 0.692. The zero-order chi connectivity index (χ0) is 22.2. The standard InChI is InChI=1S/C13H17N3O.C7H10FNO2S2/c1-7-5-6-9-11(7)15-10-4-2-3-8(10)12(9)16-13(14)17;1-7(2,10)5-3-4(8)6(12-5)13(9)11/h7H,2-6H2,1H3,(H3,14,15,16,17);3,10H,9H2,1-2H3. The van der Waals surface area contributed by atoms with Crippen LogP contribution in [0.25, 0.3) is 0 Å². The van der Waals surface area contributed by atoms with E-state index in [1.807, 2.05) is 0 Å². The van der Waals surface area contributed by atoms with Crippen LogP contribution in [0.15, 0.2) is 10.3 Å². The number of carbonyl (C=O) groups is 1. The Morgan fingerprint density at radius 2 is 2.07 bits per heavy atom. The number of nitrogens with two attached hydrogens (primary N) is 2. The van der Waals surface area contributed by atoms with Crippen LogP contribution in [0.5, 0.6) is 0 Å². The normalized spacial score (nSPS) is 18.3. The Bertz CT molecular complexity index is 1000. The summed E-state index contributed by atoms with van der Waals surface area (Å²) in [6.45, 7) is 5.26. The first-order valence-corrected chi connectivity index (χ1v) is 11.8. The number of anilines is 1. The van der Waals surface area contributed by atoms with Gasteiger partial charge in [-0.25, -0.2) is 18.5 Å². The summed E-state index contributed by atoms with van der Waals surface area (Å²) < 4.78 is 23.8. The Labute approximate surface area is 181 Å². The maximum atomic E-state index is 13.0. The molecule has 4 rings (SSSR count). The van der Waals surface area contributed by atoms with Crippen molar-refractivity contribution in [1.29, 1.82) is 0 Å². The zero-order valence-electron chi connectivity index (χ0n) is 17.3. The van der Waals surface area contributed by atoms with Gasteiger partial charge in [-0.3, -0.25) is 4.98 Å². The lowest BCUT2D eigenvalue weighted by molar-refractivity contribution is 0.0823. The third kappa shape index (κ3) is 4.72. The molecule has 0 saturated carbocycles. The first-order valence-electron chi connectivity index (χ1n) is 9.78. The molecule has 2 aliphatic carbocycles. The maximum Gasteiger partial charge on any atom is 0.316 e. The monoisotopic (exact) mass is 454 g/mol. The third-order valence-electron chi connectivity index (χ3n) is 5.34. The molecule has 2 aromatic heterocycles. The second-order valence-electron chi connectivity index (χ2n) is 8.16. The Balaban J connectivity index is 0.000000178. The lowest BCUT2D eigenvalue weighted by atomic mass is 10.0. The molecule has 0 saturated heterocycles. The molecule has 2 aromatic rings. The van der Waals surface area contributed by atoms with E-state index in [1.165, 1.54) is 36.4 Å². The van der Waals surface area contributed by atoms with Crippen LogP contribution >= 0.6 is 11.3 Å². The first-order chi connectivity index (χ1) is 14.0. The number of halogens is 1. The number of nitrogens with one attached hydrogen (secondary N) is 1. The molecule has 2 unspecified atom stereocenters. The van der Waals surface area contributed by atoms with Crippen molar-refractivity contribution in [1.82, 2.24) is 4.98 Å². The van der Waals surface area contributed by atoms with E-state index in [0.717, 1.165) is 55.2 Å². The third-order valence-corrected chi connectivity index (χ3v) is 7.86. The topological polar surface area (TPSA) is 131 Å². The number of nitrogens with zero attached hydrogens (tertiary/aromatic N) is 1. The Morgan fingerprint density at radius 3 is 2.60 bits per heavy atom. The van der Waals surface area contributed by atoms with E-state index < -0.39 is 28.4 Å². The highest BCUT2D eigenvalue weighted by atomic mass is 32.2. The summed E-state index contributed by atoms with van der Waals surface area (Å²) in [5, 5.41) is 17.4. The van der Waals surface area contributed by atoms with Crippen molar-refractivity contribution in [3.63, 3.8) is 0 Å². The average Bonchev–Trinajstić information content (AvgIpc) is 3.34. The number of hydrogen-bond donors (Lipinski definition) is 4. The fourth-order valence-electron chi connectivity index (χ4n) is 3.87. The molecule has 2 heterocycles. The van der Waals surface area contributed by atoms with E-state index in [-0.39, 0.29) is 4.21 Å². The van der Waals surface area contributed by atoms with Crippen LogP contribution in [0.1, 0.15) is 66.9 Å². The van der Waals surface area contributed by atoms with Gasteiger partial charge in [0, 0.05) is 16.3 Å². The molecule has 0 aliphatic heterocycles. The van der Waals surface area contributed by atoms with Crippen LogP contribution in [-0.4, -0.2) is 20.3 Å². The van der Waals surface area contributed by atoms with Gasteiger partial charge in [-0.15, -0.1) is 11.3 Å². The zero-order valence-corrected chi connectivity index (χ0v) is 18.9. The van der Waals surface area contributed by atoms with Crippen LogP contribution in [0.4, 0.5) is 14.9 Å². The van der Waals surface area contributed by atoms with Gasteiger partial charge in [0.1, 0.15) is 15.2 Å². The molecule has 0 fully saturated rings. The summed E-state index contributed by atoms with van der Waals surface area (Å²) in [7, 11) is -1.82. The number of carbonyl (C=O) groups excluding carboxylic acids is 1. The van der Waals surface area contributed by atoms with Crippen molar-refractivity contribution >= 4 is 34.0 Å². The van der Waals surface area contributed by atoms with Gasteiger partial charge >= 0.3 is 6.03 Å². The van der Waals surface area contributed by atoms with Gasteiger partial charge < -0.3 is 16.2 Å². The van der Waals surface area contributed by atoms with Crippen molar-refractivity contribution in [2.75, 3.05) is 5.32 Å². The maximum absolute atomic E-state index is 13.0. The number of pyridine rings is 1. The van der Waals surface area contributed by atoms with E-state index in [2.05, 4.69) is 12.2 Å². The molecule has 2 aliphatic rings. The highest BCUT2D eigenvalue weighted by Crippen LogP contribution is 2.41. The van der Waals surface area contributed by atoms with Crippen LogP contribution in [0.2, 0.25) is 0 Å². The molecule has 0 radical (unpaired) electrons. The molecule has 6 N–H and O–H groups in total. The van der Waals surface area contributed by atoms with Crippen molar-refractivity contribution in [3.05, 3.63) is 39.3 Å². The highest BCUT2D eigenvalue weighted by Gasteiger charge is 2.29. The molecule has 164 valence electrons. The second kappa shape index (κ2) is 8.70. The average molecular weight is 455 g/mol. The van der Waals surface area contributed by atoms with Gasteiger partial charge in [0.15, 0.2) is 5.82 Å². The number of rotatable bonds is 3. The summed E-state index contributed by atoms with van der Waals surface area (Å²) in [4.78, 5) is 16.3. The van der Waals surface area contributed by atoms with Crippen molar-refractivity contribution in [2.24, 2.45) is 10.9 Å². The first kappa shape index (κ1) is 22.8. The van der Waals surface area contributed by atoms with Crippen molar-refractivity contribution < 1.29 is 18.5 Å². The van der Waals surface area contributed by atoms with Crippen LogP contribution < -0.4 is 16.2 Å². The van der Waals surface area contributed by atoms with E-state index >= 15 is 0 Å². The highest BCUT2D eigenvalue weighted by molar-refractivity contribution is 7.85. The lowest BCUT2D eigenvalue weighted by Crippen LogP contribution is -2.21. The molecule has 2 amide bonds. The molecule has 10 heteroatoms. The van der Waals surface area contributed by atoms with Crippen molar-refractivity contribution in [3.8, 4) is 0 Å². The van der Waals surface area contributed by atoms with Crippen LogP contribution in [0.3, 0.4) is 0 Å². The van der Waals surface area contributed by atoms with E-state index in [1.54, 1.807) is 0 Å². The smallest absolute Gasteiger partial charge is 0.316 e. The minimum absolute atomic E-state index is 0.0304. The fraction of sp³-hybridized carbons (Fsp3) is 0.500. The second-order valence-corrected chi connectivity index (χ2v) is 10.5. The number of aromatic nitrogens is 1. The van der Waals surface area contributed by atoms with Crippen molar-refractivity contribution in [2.45, 2.75) is 68.6 Å². The summed E-state index contributed by atoms with van der Waals surface area (Å²) in [6.07, 6.45) is 5.31. The van der Waals surface area contributed by atoms with Crippen LogP contribution in [-0.2, 0) is 35.8 Å². The summed E-state index contributed by atoms with van der Waals surface area (Å²) in [5.74, 6) is -0.118. The number of fused-ring (bicyclic) bond motifs is 2. The van der Waals surface area contributed by atoms with Gasteiger partial charge in [-0.05, 0) is 69.1 Å². The molecule has 0 aromatic carbocycles. The molecule has 7 nitrogen and oxygen atoms in total. The van der Waals surface area contributed by atoms with Gasteiger partial charge in [0.2, 0.25) is 0 Å². The minimum atomic E-state index is -1.82. The van der Waals surface area contributed by atoms with E-state index in [4.69, 9.17) is 15.9 Å².